The Labute approximate surface area is 101 Å². The minimum atomic E-state index is 0.0761. The number of anilines is 1. The fourth-order valence-electron chi connectivity index (χ4n) is 2.28. The molecule has 1 aromatic carbocycles. The van der Waals surface area contributed by atoms with Crippen molar-refractivity contribution in [3.63, 3.8) is 0 Å². The predicted octanol–water partition coefficient (Wildman–Crippen LogP) is 0.128. The molecule has 2 heterocycles. The Hall–Kier alpha value is -1.36. The van der Waals surface area contributed by atoms with Crippen molar-refractivity contribution in [2.75, 3.05) is 19.3 Å². The average molecular weight is 281 g/mol. The number of nitrogens with two attached hydrogens (primary N) is 1. The van der Waals surface area contributed by atoms with Crippen LogP contribution in [0, 0.1) is 0 Å². The van der Waals surface area contributed by atoms with Crippen molar-refractivity contribution < 1.29 is 5.11 Å². The molecule has 1 aromatic rings. The van der Waals surface area contributed by atoms with E-state index in [0.29, 0.717) is 11.4 Å². The molecule has 0 fully saturated rings. The number of aliphatic imine (C=N–C) groups is 1. The maximum atomic E-state index is 9.95. The van der Waals surface area contributed by atoms with Gasteiger partial charge in [-0.1, -0.05) is 0 Å². The average Bonchev–Trinajstić information content (AvgIpc) is 2.68. The summed E-state index contributed by atoms with van der Waals surface area (Å²) in [6.07, 6.45) is 2.78. The summed E-state index contributed by atoms with van der Waals surface area (Å²) in [5, 5.41) is 12.0. The highest BCUT2D eigenvalue weighted by Gasteiger charge is 2.26. The molecule has 4 nitrogen and oxygen atoms in total. The van der Waals surface area contributed by atoms with Crippen molar-refractivity contribution in [3.8, 4) is 5.75 Å². The van der Waals surface area contributed by atoms with Gasteiger partial charge in [0.25, 0.3) is 0 Å². The Morgan fingerprint density at radius 2 is 2.31 bits per heavy atom. The summed E-state index contributed by atoms with van der Waals surface area (Å²) in [6.45, 7) is 0.941. The van der Waals surface area contributed by atoms with E-state index >= 15 is 0 Å². The van der Waals surface area contributed by atoms with E-state index < -0.39 is 0 Å². The summed E-state index contributed by atoms with van der Waals surface area (Å²) in [5.41, 5.74) is 8.01. The van der Waals surface area contributed by atoms with Crippen LogP contribution in [0.4, 0.5) is 11.4 Å². The third kappa shape index (κ3) is 1.04. The lowest BCUT2D eigenvalue weighted by Gasteiger charge is -2.09. The maximum absolute atomic E-state index is 9.95. The number of nitrogen functional groups attached to an aromatic ring is 1. The number of benzene rings is 1. The smallest absolute Gasteiger partial charge is 0.226 e. The zero-order valence-corrected chi connectivity index (χ0v) is 10.4. The molecule has 0 amide bonds. The van der Waals surface area contributed by atoms with E-state index in [4.69, 9.17) is 5.73 Å². The van der Waals surface area contributed by atoms with E-state index in [0.717, 1.165) is 28.0 Å². The Balaban J connectivity index is 2.67. The van der Waals surface area contributed by atoms with Gasteiger partial charge in [-0.3, -0.25) is 4.99 Å². The number of phenolic OH excluding ortho intramolecular Hbond substituents is 1. The number of aromatic hydroxyl groups is 1. The van der Waals surface area contributed by atoms with Crippen LogP contribution in [0.1, 0.15) is 6.42 Å². The van der Waals surface area contributed by atoms with Crippen LogP contribution in [0.25, 0.3) is 5.57 Å². The molecule has 0 aromatic heterocycles. The molecule has 16 heavy (non-hydrogen) atoms. The Bertz CT molecular complexity index is 661. The highest BCUT2D eigenvalue weighted by Crippen LogP contribution is 2.34. The summed E-state index contributed by atoms with van der Waals surface area (Å²) in [4.78, 5) is 4.25. The van der Waals surface area contributed by atoms with E-state index in [1.165, 1.54) is 5.57 Å². The van der Waals surface area contributed by atoms with Crippen LogP contribution in [-0.4, -0.2) is 24.9 Å². The summed E-state index contributed by atoms with van der Waals surface area (Å²) >= 11 is 3.45. The number of nitrogens with zero attached hydrogens (tertiary/aromatic N) is 2. The maximum Gasteiger partial charge on any atom is 0.226 e. The van der Waals surface area contributed by atoms with Crippen LogP contribution in [0.3, 0.4) is 0 Å². The normalized spacial score (nSPS) is 16.9. The molecule has 3 rings (SSSR count). The fourth-order valence-corrected chi connectivity index (χ4v) is 2.97. The Morgan fingerprint density at radius 1 is 1.56 bits per heavy atom. The molecule has 0 atom stereocenters. The van der Waals surface area contributed by atoms with Crippen molar-refractivity contribution in [1.29, 1.82) is 0 Å². The molecule has 2 aliphatic heterocycles. The van der Waals surface area contributed by atoms with Crippen LogP contribution < -0.4 is 20.9 Å². The van der Waals surface area contributed by atoms with Crippen molar-refractivity contribution in [2.24, 2.45) is 4.99 Å². The lowest BCUT2D eigenvalue weighted by Crippen LogP contribution is -2.44. The van der Waals surface area contributed by atoms with E-state index in [-0.39, 0.29) is 5.75 Å². The van der Waals surface area contributed by atoms with Crippen LogP contribution in [-0.2, 0) is 0 Å². The van der Waals surface area contributed by atoms with Gasteiger partial charge < -0.3 is 10.8 Å². The van der Waals surface area contributed by atoms with Gasteiger partial charge in [0.1, 0.15) is 23.8 Å². The van der Waals surface area contributed by atoms with E-state index in [9.17, 15) is 5.11 Å². The topological polar surface area (TPSA) is 61.6 Å². The largest absolute Gasteiger partial charge is 0.504 e. The van der Waals surface area contributed by atoms with Gasteiger partial charge in [0, 0.05) is 12.6 Å². The summed E-state index contributed by atoms with van der Waals surface area (Å²) in [6, 6.07) is 0. The van der Waals surface area contributed by atoms with Gasteiger partial charge in [0.2, 0.25) is 5.36 Å². The standard InChI is InChI=1S/C11H10BrN3O/c1-15-3-2-5-4-14-9-6(5)10(15)7(12)8(13)11(9)16/h4H,2-3H2,1H3,(H2,13,14,16)/p+1. The molecule has 0 unspecified atom stereocenters. The Kier molecular flexibility index (Phi) is 1.89. The number of rotatable bonds is 0. The van der Waals surface area contributed by atoms with Crippen LogP contribution in [0.2, 0.25) is 0 Å². The lowest BCUT2D eigenvalue weighted by molar-refractivity contribution is 0.478. The second-order valence-corrected chi connectivity index (χ2v) is 4.90. The van der Waals surface area contributed by atoms with Gasteiger partial charge in [0.15, 0.2) is 5.75 Å². The summed E-state index contributed by atoms with van der Waals surface area (Å²) < 4.78 is 2.89. The van der Waals surface area contributed by atoms with Crippen LogP contribution in [0.15, 0.2) is 9.47 Å². The minimum Gasteiger partial charge on any atom is -0.504 e. The number of hydrogen-bond donors (Lipinski definition) is 2. The molecule has 0 saturated carbocycles. The first-order valence-corrected chi connectivity index (χ1v) is 5.86. The van der Waals surface area contributed by atoms with E-state index in [2.05, 4.69) is 25.5 Å². The van der Waals surface area contributed by atoms with E-state index in [1.54, 1.807) is 0 Å². The first-order chi connectivity index (χ1) is 7.61. The molecule has 3 N–H and O–H groups in total. The minimum absolute atomic E-state index is 0.0761. The van der Waals surface area contributed by atoms with Gasteiger partial charge in [-0.05, 0) is 21.5 Å². The van der Waals surface area contributed by atoms with Gasteiger partial charge in [0.05, 0.1) is 10.9 Å². The quantitative estimate of drug-likeness (QED) is 0.403. The third-order valence-corrected chi connectivity index (χ3v) is 3.97. The van der Waals surface area contributed by atoms with Crippen molar-refractivity contribution in [2.45, 2.75) is 6.42 Å². The molecule has 0 bridgehead atoms. The molecule has 0 spiro atoms. The van der Waals surface area contributed by atoms with Crippen LogP contribution >= 0.6 is 15.9 Å². The second kappa shape index (κ2) is 3.07. The summed E-state index contributed by atoms with van der Waals surface area (Å²) in [5.74, 6) is 0.0761. The van der Waals surface area contributed by atoms with Gasteiger partial charge in [-0.15, -0.1) is 0 Å². The second-order valence-electron chi connectivity index (χ2n) is 4.10. The molecule has 2 aliphatic rings. The number of phenols is 1. The lowest BCUT2D eigenvalue weighted by atomic mass is 10.1. The van der Waals surface area contributed by atoms with Gasteiger partial charge in [-0.2, -0.15) is 0 Å². The zero-order valence-electron chi connectivity index (χ0n) is 8.79. The van der Waals surface area contributed by atoms with Crippen molar-refractivity contribution >= 4 is 39.1 Å². The van der Waals surface area contributed by atoms with Gasteiger partial charge >= 0.3 is 0 Å². The van der Waals surface area contributed by atoms with Crippen molar-refractivity contribution in [3.05, 3.63) is 15.0 Å². The highest BCUT2D eigenvalue weighted by atomic mass is 79.9. The first kappa shape index (κ1) is 9.84. The highest BCUT2D eigenvalue weighted by molar-refractivity contribution is 9.10. The number of halogens is 1. The molecule has 0 saturated heterocycles. The first-order valence-electron chi connectivity index (χ1n) is 5.06. The van der Waals surface area contributed by atoms with Crippen molar-refractivity contribution in [1.82, 2.24) is 4.58 Å². The fraction of sp³-hybridized carbons (Fsp3) is 0.273. The summed E-state index contributed by atoms with van der Waals surface area (Å²) in [7, 11) is 2.02. The molecule has 0 radical (unpaired) electrons. The monoisotopic (exact) mass is 280 g/mol. The molecular formula is C11H11BrN3O+. The molecule has 5 heteroatoms. The third-order valence-electron chi connectivity index (χ3n) is 3.17. The zero-order chi connectivity index (χ0) is 11.4. The molecule has 0 aliphatic carbocycles. The molecular weight excluding hydrogens is 270 g/mol. The van der Waals surface area contributed by atoms with Gasteiger partial charge in [-0.25, -0.2) is 4.58 Å². The SMILES string of the molecule is C[N+]1=c2c(Br)c(N)c(O)c3c2=C(C=N3)CC1. The Morgan fingerprint density at radius 3 is 3.06 bits per heavy atom. The van der Waals surface area contributed by atoms with E-state index in [1.807, 2.05) is 13.3 Å². The molecule has 82 valence electrons. The van der Waals surface area contributed by atoms with Crippen LogP contribution in [0.5, 0.6) is 5.75 Å². The predicted molar refractivity (Wildman–Crippen MR) is 67.7 cm³/mol. The number of hydrogen-bond acceptors (Lipinski definition) is 3.